The minimum absolute atomic E-state index is 0.0101. The van der Waals surface area contributed by atoms with E-state index in [0.717, 1.165) is 47.9 Å². The van der Waals surface area contributed by atoms with Gasteiger partial charge in [0.1, 0.15) is 11.4 Å². The molecule has 3 N–H and O–H groups in total. The van der Waals surface area contributed by atoms with Crippen molar-refractivity contribution in [2.45, 2.75) is 46.2 Å². The molecular formula is C30H38N6O3S. The Balaban J connectivity index is 1.37. The van der Waals surface area contributed by atoms with E-state index in [0.29, 0.717) is 31.0 Å². The Morgan fingerprint density at radius 3 is 2.55 bits per heavy atom. The first-order valence-electron chi connectivity index (χ1n) is 13.4. The summed E-state index contributed by atoms with van der Waals surface area (Å²) in [5, 5.41) is 6.37. The number of amidine groups is 1. The van der Waals surface area contributed by atoms with Gasteiger partial charge in [0.15, 0.2) is 0 Å². The van der Waals surface area contributed by atoms with Crippen molar-refractivity contribution < 1.29 is 14.3 Å². The summed E-state index contributed by atoms with van der Waals surface area (Å²) in [5.41, 5.74) is 4.61. The van der Waals surface area contributed by atoms with Gasteiger partial charge in [-0.3, -0.25) is 14.3 Å². The van der Waals surface area contributed by atoms with Gasteiger partial charge in [0, 0.05) is 60.6 Å². The van der Waals surface area contributed by atoms with Gasteiger partial charge in [0.2, 0.25) is 0 Å². The molecule has 2 aliphatic rings. The summed E-state index contributed by atoms with van der Waals surface area (Å²) in [4.78, 5) is 31.7. The second-order valence-electron chi connectivity index (χ2n) is 10.2. The minimum Gasteiger partial charge on any atom is -0.378 e. The zero-order chi connectivity index (χ0) is 28.7. The number of morpholine rings is 1. The van der Waals surface area contributed by atoms with Gasteiger partial charge in [0.25, 0.3) is 11.8 Å². The molecule has 9 nitrogen and oxygen atoms in total. The standard InChI is InChI=1S/C30H38N6O3S/c1-6-24-11-12-26(19-27(24)32-22(3)31-14-13-21(2)35-15-17-39-18-16-35)33-28(37)25-9-7-23(8-10-25)20-36-30(4,5)29(38)34-40-36/h7-14,19H,2,6,15-18,20H2,1,3-5H3,(H,31,32)(H,33,37)(H,34,38)/b14-13-. The number of allylic oxidation sites excluding steroid dienone is 1. The van der Waals surface area contributed by atoms with Crippen molar-refractivity contribution >= 4 is 41.2 Å². The van der Waals surface area contributed by atoms with Crippen molar-refractivity contribution in [1.82, 2.24) is 13.9 Å². The average molecular weight is 563 g/mol. The maximum absolute atomic E-state index is 13.0. The van der Waals surface area contributed by atoms with Gasteiger partial charge in [-0.25, -0.2) is 9.30 Å². The van der Waals surface area contributed by atoms with Gasteiger partial charge in [-0.2, -0.15) is 0 Å². The smallest absolute Gasteiger partial charge is 0.255 e. The number of aryl methyl sites for hydroxylation is 1. The number of nitrogens with zero attached hydrogens (tertiary/aromatic N) is 3. The monoisotopic (exact) mass is 562 g/mol. The van der Waals surface area contributed by atoms with Crippen LogP contribution in [-0.4, -0.2) is 58.7 Å². The van der Waals surface area contributed by atoms with E-state index < -0.39 is 5.54 Å². The van der Waals surface area contributed by atoms with E-state index in [2.05, 4.69) is 38.8 Å². The molecule has 0 saturated carbocycles. The van der Waals surface area contributed by atoms with Crippen LogP contribution in [-0.2, 0) is 22.5 Å². The fourth-order valence-corrected chi connectivity index (χ4v) is 5.27. The number of ether oxygens (including phenoxy) is 1. The molecule has 0 aliphatic carbocycles. The van der Waals surface area contributed by atoms with E-state index in [1.54, 1.807) is 18.3 Å². The zero-order valence-electron chi connectivity index (χ0n) is 23.6. The third kappa shape index (κ3) is 7.32. The Hall–Kier alpha value is -3.60. The summed E-state index contributed by atoms with van der Waals surface area (Å²) in [6, 6.07) is 13.3. The molecule has 212 valence electrons. The predicted molar refractivity (Wildman–Crippen MR) is 163 cm³/mol. The van der Waals surface area contributed by atoms with Gasteiger partial charge in [-0.15, -0.1) is 0 Å². The third-order valence-corrected chi connectivity index (χ3v) is 8.07. The summed E-state index contributed by atoms with van der Waals surface area (Å²) in [5.74, 6) is 0.532. The van der Waals surface area contributed by atoms with Crippen molar-refractivity contribution in [3.8, 4) is 0 Å². The van der Waals surface area contributed by atoms with Crippen LogP contribution in [0.15, 0.2) is 72.0 Å². The van der Waals surface area contributed by atoms with Crippen molar-refractivity contribution in [3.05, 3.63) is 83.7 Å². The molecule has 10 heteroatoms. The molecule has 0 aromatic heterocycles. The summed E-state index contributed by atoms with van der Waals surface area (Å²) in [6.45, 7) is 15.6. The summed E-state index contributed by atoms with van der Waals surface area (Å²) in [6.07, 6.45) is 4.49. The molecule has 2 aliphatic heterocycles. The number of benzene rings is 2. The molecular weight excluding hydrogens is 524 g/mol. The maximum Gasteiger partial charge on any atom is 0.255 e. The first-order chi connectivity index (χ1) is 19.2. The lowest BCUT2D eigenvalue weighted by Crippen LogP contribution is -2.41. The van der Waals surface area contributed by atoms with Crippen LogP contribution in [0.25, 0.3) is 0 Å². The highest BCUT2D eigenvalue weighted by molar-refractivity contribution is 7.96. The van der Waals surface area contributed by atoms with E-state index in [1.807, 2.05) is 61.5 Å². The van der Waals surface area contributed by atoms with Crippen LogP contribution < -0.4 is 15.4 Å². The fraction of sp³-hybridized carbons (Fsp3) is 0.367. The molecule has 0 unspecified atom stereocenters. The Labute approximate surface area is 241 Å². The van der Waals surface area contributed by atoms with Crippen molar-refractivity contribution in [1.29, 1.82) is 0 Å². The average Bonchev–Trinajstić information content (AvgIpc) is 3.20. The van der Waals surface area contributed by atoms with Crippen LogP contribution >= 0.6 is 12.1 Å². The predicted octanol–water partition coefficient (Wildman–Crippen LogP) is 4.96. The molecule has 2 amide bonds. The first kappa shape index (κ1) is 29.4. The number of amides is 2. The fourth-order valence-electron chi connectivity index (χ4n) is 4.31. The number of rotatable bonds is 9. The normalized spacial score (nSPS) is 17.6. The molecule has 2 aromatic rings. The van der Waals surface area contributed by atoms with Gasteiger partial charge in [0.05, 0.1) is 13.2 Å². The molecule has 0 atom stereocenters. The van der Waals surface area contributed by atoms with Crippen LogP contribution in [0.2, 0.25) is 0 Å². The topological polar surface area (TPSA) is 98.3 Å². The number of carbonyl (C=O) groups excluding carboxylic acids is 2. The van der Waals surface area contributed by atoms with Crippen LogP contribution in [0.4, 0.5) is 11.4 Å². The van der Waals surface area contributed by atoms with Gasteiger partial charge in [-0.05, 0) is 68.7 Å². The van der Waals surface area contributed by atoms with E-state index in [9.17, 15) is 9.59 Å². The van der Waals surface area contributed by atoms with Crippen molar-refractivity contribution in [3.63, 3.8) is 0 Å². The van der Waals surface area contributed by atoms with Gasteiger partial charge in [-0.1, -0.05) is 31.7 Å². The van der Waals surface area contributed by atoms with Crippen LogP contribution in [0, 0.1) is 0 Å². The lowest BCUT2D eigenvalue weighted by Gasteiger charge is -2.28. The summed E-state index contributed by atoms with van der Waals surface area (Å²) >= 11 is 1.31. The number of nitrogens with one attached hydrogen (secondary N) is 3. The molecule has 2 saturated heterocycles. The SMILES string of the molecule is C=C(/C=C\N=C(C)Nc1cc(NC(=O)c2ccc(CN3SNC(=O)C3(C)C)cc2)ccc1CC)N1CCOCC1. The van der Waals surface area contributed by atoms with Crippen molar-refractivity contribution in [2.24, 2.45) is 4.99 Å². The molecule has 0 radical (unpaired) electrons. The van der Waals surface area contributed by atoms with Gasteiger partial charge >= 0.3 is 0 Å². The van der Waals surface area contributed by atoms with E-state index in [-0.39, 0.29) is 11.8 Å². The van der Waals surface area contributed by atoms with E-state index in [1.165, 1.54) is 12.1 Å². The van der Waals surface area contributed by atoms with Gasteiger partial charge < -0.3 is 20.3 Å². The Kier molecular flexibility index (Phi) is 9.67. The highest BCUT2D eigenvalue weighted by Gasteiger charge is 2.41. The highest BCUT2D eigenvalue weighted by atomic mass is 32.2. The lowest BCUT2D eigenvalue weighted by molar-refractivity contribution is -0.125. The molecule has 4 rings (SSSR count). The third-order valence-electron chi connectivity index (χ3n) is 6.99. The molecule has 2 aromatic carbocycles. The van der Waals surface area contributed by atoms with Crippen LogP contribution in [0.3, 0.4) is 0 Å². The first-order valence-corrected chi connectivity index (χ1v) is 14.2. The van der Waals surface area contributed by atoms with Crippen LogP contribution in [0.5, 0.6) is 0 Å². The van der Waals surface area contributed by atoms with Crippen molar-refractivity contribution in [2.75, 3.05) is 36.9 Å². The number of hydrogen-bond donors (Lipinski definition) is 3. The molecule has 0 spiro atoms. The number of hydrogen-bond acceptors (Lipinski definition) is 7. The van der Waals surface area contributed by atoms with Crippen LogP contribution in [0.1, 0.15) is 49.2 Å². The largest absolute Gasteiger partial charge is 0.378 e. The Morgan fingerprint density at radius 1 is 1.18 bits per heavy atom. The number of aliphatic imine (C=N–C) groups is 1. The second kappa shape index (κ2) is 13.2. The maximum atomic E-state index is 13.0. The molecule has 2 fully saturated rings. The summed E-state index contributed by atoms with van der Waals surface area (Å²) in [7, 11) is 0. The summed E-state index contributed by atoms with van der Waals surface area (Å²) < 4.78 is 10.2. The lowest BCUT2D eigenvalue weighted by atomic mass is 10.0. The van der Waals surface area contributed by atoms with E-state index in [4.69, 9.17) is 4.74 Å². The Morgan fingerprint density at radius 2 is 1.90 bits per heavy atom. The molecule has 2 heterocycles. The Bertz CT molecular complexity index is 1300. The quantitative estimate of drug-likeness (QED) is 0.172. The number of anilines is 2. The minimum atomic E-state index is -0.589. The zero-order valence-corrected chi connectivity index (χ0v) is 24.4. The number of carbonyl (C=O) groups is 2. The highest BCUT2D eigenvalue weighted by Crippen LogP contribution is 2.31. The van der Waals surface area contributed by atoms with E-state index >= 15 is 0 Å². The molecule has 40 heavy (non-hydrogen) atoms. The second-order valence-corrected chi connectivity index (χ2v) is 11.1. The molecule has 0 bridgehead atoms.